The third kappa shape index (κ3) is 2.70. The zero-order chi connectivity index (χ0) is 13.1. The summed E-state index contributed by atoms with van der Waals surface area (Å²) in [6.07, 6.45) is -2.40. The van der Waals surface area contributed by atoms with Gasteiger partial charge in [0.15, 0.2) is 0 Å². The molecule has 5 heteroatoms. The maximum Gasteiger partial charge on any atom is 0.255 e. The Morgan fingerprint density at radius 3 is 2.72 bits per heavy atom. The van der Waals surface area contributed by atoms with Crippen LogP contribution in [0.3, 0.4) is 0 Å². The van der Waals surface area contributed by atoms with Gasteiger partial charge in [0.05, 0.1) is 17.9 Å². The van der Waals surface area contributed by atoms with Crippen molar-refractivity contribution in [2.24, 2.45) is 0 Å². The third-order valence-corrected chi connectivity index (χ3v) is 2.99. The van der Waals surface area contributed by atoms with E-state index in [0.717, 1.165) is 16.5 Å². The molecule has 0 atom stereocenters. The molecular weight excluding hydrogens is 258 g/mol. The molecule has 2 rings (SSSR count). The number of hydrogen-bond acceptors (Lipinski definition) is 2. The van der Waals surface area contributed by atoms with Gasteiger partial charge in [-0.05, 0) is 12.1 Å². The molecule has 0 fully saturated rings. The quantitative estimate of drug-likeness (QED) is 0.788. The van der Waals surface area contributed by atoms with Crippen molar-refractivity contribution in [1.29, 1.82) is 0 Å². The average molecular weight is 271 g/mol. The standard InChI is InChI=1S/C13H13ClF2N2/c1-18(8-12(15)16)13-10(7-14)6-9-4-2-3-5-11(9)17-13/h2-6,12H,7-8H2,1H3. The molecule has 2 aromatic rings. The van der Waals surface area contributed by atoms with Crippen LogP contribution in [0.15, 0.2) is 30.3 Å². The van der Waals surface area contributed by atoms with Crippen LogP contribution in [-0.4, -0.2) is 25.0 Å². The van der Waals surface area contributed by atoms with Crippen molar-refractivity contribution < 1.29 is 8.78 Å². The zero-order valence-electron chi connectivity index (χ0n) is 9.91. The predicted octanol–water partition coefficient (Wildman–Crippen LogP) is 3.67. The van der Waals surface area contributed by atoms with Gasteiger partial charge in [-0.1, -0.05) is 18.2 Å². The first-order valence-electron chi connectivity index (χ1n) is 5.55. The highest BCUT2D eigenvalue weighted by Crippen LogP contribution is 2.24. The second-order valence-electron chi connectivity index (χ2n) is 4.07. The van der Waals surface area contributed by atoms with Crippen LogP contribution in [0.5, 0.6) is 0 Å². The molecule has 2 nitrogen and oxygen atoms in total. The lowest BCUT2D eigenvalue weighted by Crippen LogP contribution is -2.26. The van der Waals surface area contributed by atoms with Crippen LogP contribution in [0.2, 0.25) is 0 Å². The summed E-state index contributed by atoms with van der Waals surface area (Å²) in [5.41, 5.74) is 1.54. The van der Waals surface area contributed by atoms with Crippen molar-refractivity contribution in [3.63, 3.8) is 0 Å². The van der Waals surface area contributed by atoms with E-state index in [-0.39, 0.29) is 12.4 Å². The molecule has 0 saturated heterocycles. The minimum Gasteiger partial charge on any atom is -0.354 e. The first-order chi connectivity index (χ1) is 8.61. The molecule has 0 bridgehead atoms. The van der Waals surface area contributed by atoms with E-state index in [2.05, 4.69) is 4.98 Å². The van der Waals surface area contributed by atoms with Gasteiger partial charge in [-0.2, -0.15) is 0 Å². The zero-order valence-corrected chi connectivity index (χ0v) is 10.7. The normalized spacial score (nSPS) is 11.2. The summed E-state index contributed by atoms with van der Waals surface area (Å²) >= 11 is 5.86. The predicted molar refractivity (Wildman–Crippen MR) is 70.6 cm³/mol. The monoisotopic (exact) mass is 270 g/mol. The van der Waals surface area contributed by atoms with Crippen LogP contribution >= 0.6 is 11.6 Å². The lowest BCUT2D eigenvalue weighted by atomic mass is 10.1. The minimum atomic E-state index is -2.40. The van der Waals surface area contributed by atoms with E-state index in [1.54, 1.807) is 7.05 Å². The molecular formula is C13H13ClF2N2. The van der Waals surface area contributed by atoms with Gasteiger partial charge < -0.3 is 4.90 Å². The first-order valence-corrected chi connectivity index (χ1v) is 6.09. The molecule has 1 heterocycles. The average Bonchev–Trinajstić information content (AvgIpc) is 2.36. The van der Waals surface area contributed by atoms with Gasteiger partial charge in [0.25, 0.3) is 6.43 Å². The lowest BCUT2D eigenvalue weighted by Gasteiger charge is -2.20. The van der Waals surface area contributed by atoms with E-state index in [1.165, 1.54) is 4.90 Å². The van der Waals surface area contributed by atoms with E-state index >= 15 is 0 Å². The fourth-order valence-electron chi connectivity index (χ4n) is 1.87. The van der Waals surface area contributed by atoms with Crippen molar-refractivity contribution in [1.82, 2.24) is 4.98 Å². The van der Waals surface area contributed by atoms with Crippen LogP contribution in [0.25, 0.3) is 10.9 Å². The number of nitrogens with zero attached hydrogens (tertiary/aromatic N) is 2. The van der Waals surface area contributed by atoms with Crippen molar-refractivity contribution in [2.75, 3.05) is 18.5 Å². The van der Waals surface area contributed by atoms with Crippen LogP contribution in [0, 0.1) is 0 Å². The number of halogens is 3. The van der Waals surface area contributed by atoms with Gasteiger partial charge in [0.2, 0.25) is 0 Å². The minimum absolute atomic E-state index is 0.251. The summed E-state index contributed by atoms with van der Waals surface area (Å²) in [7, 11) is 1.60. The van der Waals surface area contributed by atoms with Crippen LogP contribution < -0.4 is 4.90 Å². The second kappa shape index (κ2) is 5.48. The SMILES string of the molecule is CN(CC(F)F)c1nc2ccccc2cc1CCl. The maximum absolute atomic E-state index is 12.4. The fraction of sp³-hybridized carbons (Fsp3) is 0.308. The molecule has 0 radical (unpaired) electrons. The highest BCUT2D eigenvalue weighted by atomic mass is 35.5. The lowest BCUT2D eigenvalue weighted by molar-refractivity contribution is 0.156. The number of alkyl halides is 3. The summed E-state index contributed by atoms with van der Waals surface area (Å²) in [5.74, 6) is 0.768. The van der Waals surface area contributed by atoms with Crippen molar-refractivity contribution in [2.45, 2.75) is 12.3 Å². The molecule has 0 N–H and O–H groups in total. The number of hydrogen-bond donors (Lipinski definition) is 0. The molecule has 1 aromatic carbocycles. The molecule has 96 valence electrons. The molecule has 0 saturated carbocycles. The molecule has 0 amide bonds. The number of pyridine rings is 1. The number of rotatable bonds is 4. The van der Waals surface area contributed by atoms with E-state index in [4.69, 9.17) is 11.6 Å². The fourth-order valence-corrected chi connectivity index (χ4v) is 2.07. The number of para-hydroxylation sites is 1. The Balaban J connectivity index is 2.47. The molecule has 0 aliphatic rings. The van der Waals surface area contributed by atoms with Crippen LogP contribution in [0.4, 0.5) is 14.6 Å². The van der Waals surface area contributed by atoms with Crippen LogP contribution in [-0.2, 0) is 5.88 Å². The van der Waals surface area contributed by atoms with E-state index in [0.29, 0.717) is 5.82 Å². The summed E-state index contributed by atoms with van der Waals surface area (Å²) < 4.78 is 24.8. The molecule has 1 aromatic heterocycles. The first kappa shape index (κ1) is 13.0. The van der Waals surface area contributed by atoms with Crippen molar-refractivity contribution in [3.8, 4) is 0 Å². The number of benzene rings is 1. The van der Waals surface area contributed by atoms with Gasteiger partial charge in [0, 0.05) is 18.0 Å². The number of aromatic nitrogens is 1. The molecule has 0 unspecified atom stereocenters. The van der Waals surface area contributed by atoms with E-state index in [1.807, 2.05) is 30.3 Å². The van der Waals surface area contributed by atoms with Gasteiger partial charge in [0.1, 0.15) is 5.82 Å². The molecule has 0 spiro atoms. The smallest absolute Gasteiger partial charge is 0.255 e. The summed E-state index contributed by atoms with van der Waals surface area (Å²) in [6, 6.07) is 9.45. The number of anilines is 1. The Morgan fingerprint density at radius 2 is 2.06 bits per heavy atom. The van der Waals surface area contributed by atoms with Gasteiger partial charge >= 0.3 is 0 Å². The highest BCUT2D eigenvalue weighted by molar-refractivity contribution is 6.17. The van der Waals surface area contributed by atoms with Crippen molar-refractivity contribution >= 4 is 28.3 Å². The molecule has 0 aliphatic heterocycles. The Morgan fingerprint density at radius 1 is 1.33 bits per heavy atom. The van der Waals surface area contributed by atoms with E-state index < -0.39 is 6.43 Å². The number of fused-ring (bicyclic) bond motifs is 1. The molecule has 18 heavy (non-hydrogen) atoms. The largest absolute Gasteiger partial charge is 0.354 e. The van der Waals surface area contributed by atoms with Crippen LogP contribution in [0.1, 0.15) is 5.56 Å². The summed E-state index contributed by atoms with van der Waals surface area (Å²) in [4.78, 5) is 5.85. The van der Waals surface area contributed by atoms with Gasteiger partial charge in [-0.25, -0.2) is 13.8 Å². The Labute approximate surface area is 109 Å². The third-order valence-electron chi connectivity index (χ3n) is 2.70. The highest BCUT2D eigenvalue weighted by Gasteiger charge is 2.14. The topological polar surface area (TPSA) is 16.1 Å². The molecule has 0 aliphatic carbocycles. The van der Waals surface area contributed by atoms with Crippen molar-refractivity contribution in [3.05, 3.63) is 35.9 Å². The van der Waals surface area contributed by atoms with Gasteiger partial charge in [-0.15, -0.1) is 11.6 Å². The second-order valence-corrected chi connectivity index (χ2v) is 4.34. The summed E-state index contributed by atoms with van der Waals surface area (Å²) in [5, 5.41) is 0.961. The van der Waals surface area contributed by atoms with E-state index in [9.17, 15) is 8.78 Å². The van der Waals surface area contributed by atoms with Gasteiger partial charge in [-0.3, -0.25) is 0 Å². The Kier molecular flexibility index (Phi) is 3.97. The Bertz CT molecular complexity index is 546. The Hall–Kier alpha value is -1.42. The summed E-state index contributed by atoms with van der Waals surface area (Å²) in [6.45, 7) is -0.352. The maximum atomic E-state index is 12.4.